The first-order chi connectivity index (χ1) is 12.6. The SMILES string of the molecule is CCNC(=NCCC(=O)NC(C)CC)N1CCN(c2ncccn2)CC1.I. The summed E-state index contributed by atoms with van der Waals surface area (Å²) in [5.74, 6) is 1.71. The lowest BCUT2D eigenvalue weighted by Crippen LogP contribution is -2.53. The first-order valence-electron chi connectivity index (χ1n) is 9.48. The van der Waals surface area contributed by atoms with Crippen molar-refractivity contribution in [2.24, 2.45) is 4.99 Å². The number of amides is 1. The molecule has 1 aromatic heterocycles. The van der Waals surface area contributed by atoms with Crippen LogP contribution in [0.25, 0.3) is 0 Å². The van der Waals surface area contributed by atoms with Gasteiger partial charge in [0, 0.05) is 57.6 Å². The predicted molar refractivity (Wildman–Crippen MR) is 120 cm³/mol. The van der Waals surface area contributed by atoms with Crippen LogP contribution in [0.1, 0.15) is 33.6 Å². The minimum Gasteiger partial charge on any atom is -0.357 e. The molecule has 1 fully saturated rings. The summed E-state index contributed by atoms with van der Waals surface area (Å²) in [6.07, 6.45) is 4.89. The highest BCUT2D eigenvalue weighted by Gasteiger charge is 2.21. The topological polar surface area (TPSA) is 85.8 Å². The zero-order chi connectivity index (χ0) is 18.8. The molecule has 2 rings (SSSR count). The number of nitrogens with zero attached hydrogens (tertiary/aromatic N) is 5. The van der Waals surface area contributed by atoms with Crippen molar-refractivity contribution in [1.82, 2.24) is 25.5 Å². The van der Waals surface area contributed by atoms with E-state index >= 15 is 0 Å². The molecule has 152 valence electrons. The van der Waals surface area contributed by atoms with E-state index in [0.29, 0.717) is 13.0 Å². The normalized spacial score (nSPS) is 15.7. The Morgan fingerprint density at radius 3 is 2.48 bits per heavy atom. The average molecular weight is 489 g/mol. The minimum absolute atomic E-state index is 0. The molecule has 1 amide bonds. The van der Waals surface area contributed by atoms with Crippen molar-refractivity contribution in [2.75, 3.05) is 44.2 Å². The van der Waals surface area contributed by atoms with E-state index in [1.165, 1.54) is 0 Å². The van der Waals surface area contributed by atoms with E-state index in [-0.39, 0.29) is 35.9 Å². The Bertz CT molecular complexity index is 576. The second-order valence-electron chi connectivity index (χ2n) is 6.39. The van der Waals surface area contributed by atoms with Crippen molar-refractivity contribution in [3.05, 3.63) is 18.5 Å². The molecule has 1 atom stereocenters. The predicted octanol–water partition coefficient (Wildman–Crippen LogP) is 1.49. The van der Waals surface area contributed by atoms with Gasteiger partial charge in [-0.15, -0.1) is 24.0 Å². The summed E-state index contributed by atoms with van der Waals surface area (Å²) in [7, 11) is 0. The smallest absolute Gasteiger partial charge is 0.225 e. The molecule has 0 radical (unpaired) electrons. The molecule has 1 saturated heterocycles. The summed E-state index contributed by atoms with van der Waals surface area (Å²) in [4.78, 5) is 29.6. The molecule has 9 heteroatoms. The number of aliphatic imine (C=N–C) groups is 1. The van der Waals surface area contributed by atoms with Crippen LogP contribution < -0.4 is 15.5 Å². The molecule has 0 saturated carbocycles. The second-order valence-corrected chi connectivity index (χ2v) is 6.39. The first kappa shape index (κ1) is 23.4. The van der Waals surface area contributed by atoms with Gasteiger partial charge in [-0.25, -0.2) is 9.97 Å². The summed E-state index contributed by atoms with van der Waals surface area (Å²) >= 11 is 0. The number of rotatable bonds is 7. The van der Waals surface area contributed by atoms with E-state index in [2.05, 4.69) is 49.2 Å². The molecule has 1 aliphatic heterocycles. The molecule has 0 aromatic carbocycles. The molecular formula is C18H32IN7O. The highest BCUT2D eigenvalue weighted by atomic mass is 127. The highest BCUT2D eigenvalue weighted by molar-refractivity contribution is 14.0. The number of piperazine rings is 1. The molecule has 27 heavy (non-hydrogen) atoms. The van der Waals surface area contributed by atoms with Crippen molar-refractivity contribution in [3.63, 3.8) is 0 Å². The van der Waals surface area contributed by atoms with Crippen LogP contribution in [-0.4, -0.2) is 72.0 Å². The Hall–Kier alpha value is -1.65. The van der Waals surface area contributed by atoms with E-state index in [9.17, 15) is 4.79 Å². The van der Waals surface area contributed by atoms with Crippen LogP contribution in [0, 0.1) is 0 Å². The number of hydrogen-bond donors (Lipinski definition) is 2. The van der Waals surface area contributed by atoms with Crippen LogP contribution in [0.5, 0.6) is 0 Å². The fourth-order valence-electron chi connectivity index (χ4n) is 2.71. The zero-order valence-corrected chi connectivity index (χ0v) is 18.8. The zero-order valence-electron chi connectivity index (χ0n) is 16.5. The lowest BCUT2D eigenvalue weighted by atomic mass is 10.2. The van der Waals surface area contributed by atoms with E-state index in [0.717, 1.165) is 51.1 Å². The lowest BCUT2D eigenvalue weighted by molar-refractivity contribution is -0.121. The largest absolute Gasteiger partial charge is 0.357 e. The molecular weight excluding hydrogens is 457 g/mol. The summed E-state index contributed by atoms with van der Waals surface area (Å²) in [6, 6.07) is 2.04. The van der Waals surface area contributed by atoms with Gasteiger partial charge in [0.05, 0.1) is 6.54 Å². The highest BCUT2D eigenvalue weighted by Crippen LogP contribution is 2.09. The maximum Gasteiger partial charge on any atom is 0.225 e. The van der Waals surface area contributed by atoms with Crippen LogP contribution in [0.4, 0.5) is 5.95 Å². The first-order valence-corrected chi connectivity index (χ1v) is 9.48. The van der Waals surface area contributed by atoms with Gasteiger partial charge in [0.15, 0.2) is 5.96 Å². The molecule has 1 unspecified atom stereocenters. The fraction of sp³-hybridized carbons (Fsp3) is 0.667. The minimum atomic E-state index is 0. The number of anilines is 1. The number of halogens is 1. The monoisotopic (exact) mass is 489 g/mol. The van der Waals surface area contributed by atoms with Gasteiger partial charge in [-0.1, -0.05) is 6.92 Å². The maximum absolute atomic E-state index is 11.9. The third-order valence-electron chi connectivity index (χ3n) is 4.37. The number of carbonyl (C=O) groups excluding carboxylic acids is 1. The molecule has 2 heterocycles. The summed E-state index contributed by atoms with van der Waals surface area (Å²) < 4.78 is 0. The molecule has 0 bridgehead atoms. The van der Waals surface area contributed by atoms with Gasteiger partial charge in [-0.2, -0.15) is 0 Å². The van der Waals surface area contributed by atoms with Gasteiger partial charge >= 0.3 is 0 Å². The molecule has 0 spiro atoms. The Balaban J connectivity index is 0.00000364. The second kappa shape index (κ2) is 12.7. The van der Waals surface area contributed by atoms with Gasteiger partial charge < -0.3 is 20.4 Å². The van der Waals surface area contributed by atoms with Crippen molar-refractivity contribution >= 4 is 41.8 Å². The lowest BCUT2D eigenvalue weighted by Gasteiger charge is -2.36. The van der Waals surface area contributed by atoms with Crippen LogP contribution in [-0.2, 0) is 4.79 Å². The van der Waals surface area contributed by atoms with Crippen molar-refractivity contribution in [1.29, 1.82) is 0 Å². The van der Waals surface area contributed by atoms with Gasteiger partial charge in [-0.05, 0) is 26.3 Å². The van der Waals surface area contributed by atoms with Crippen LogP contribution in [0.3, 0.4) is 0 Å². The van der Waals surface area contributed by atoms with Gasteiger partial charge in [-0.3, -0.25) is 9.79 Å². The van der Waals surface area contributed by atoms with E-state index in [1.807, 2.05) is 13.0 Å². The Morgan fingerprint density at radius 1 is 1.22 bits per heavy atom. The maximum atomic E-state index is 11.9. The van der Waals surface area contributed by atoms with Crippen LogP contribution in [0.2, 0.25) is 0 Å². The van der Waals surface area contributed by atoms with Crippen LogP contribution >= 0.6 is 24.0 Å². The number of aromatic nitrogens is 2. The summed E-state index contributed by atoms with van der Waals surface area (Å²) in [5, 5.41) is 6.30. The number of hydrogen-bond acceptors (Lipinski definition) is 5. The van der Waals surface area contributed by atoms with Gasteiger partial charge in [0.2, 0.25) is 11.9 Å². The van der Waals surface area contributed by atoms with Crippen molar-refractivity contribution in [3.8, 4) is 0 Å². The third kappa shape index (κ3) is 7.86. The molecule has 1 aliphatic rings. The number of nitrogens with one attached hydrogen (secondary N) is 2. The quantitative estimate of drug-likeness (QED) is 0.343. The number of carbonyl (C=O) groups is 1. The number of guanidine groups is 1. The molecule has 0 aliphatic carbocycles. The molecule has 1 aromatic rings. The van der Waals surface area contributed by atoms with Gasteiger partial charge in [0.25, 0.3) is 0 Å². The molecule has 2 N–H and O–H groups in total. The van der Waals surface area contributed by atoms with E-state index in [1.54, 1.807) is 12.4 Å². The van der Waals surface area contributed by atoms with E-state index < -0.39 is 0 Å². The van der Waals surface area contributed by atoms with Crippen molar-refractivity contribution < 1.29 is 4.79 Å². The summed E-state index contributed by atoms with van der Waals surface area (Å²) in [6.45, 7) is 10.8. The Kier molecular flexibility index (Phi) is 11.0. The van der Waals surface area contributed by atoms with Gasteiger partial charge in [0.1, 0.15) is 0 Å². The summed E-state index contributed by atoms with van der Waals surface area (Å²) in [5.41, 5.74) is 0. The fourth-order valence-corrected chi connectivity index (χ4v) is 2.71. The third-order valence-corrected chi connectivity index (χ3v) is 4.37. The Labute approximate surface area is 179 Å². The van der Waals surface area contributed by atoms with E-state index in [4.69, 9.17) is 0 Å². The molecule has 8 nitrogen and oxygen atoms in total. The Morgan fingerprint density at radius 2 is 1.89 bits per heavy atom. The average Bonchev–Trinajstić information content (AvgIpc) is 2.68. The standard InChI is InChI=1S/C18H31N7O.HI/c1-4-15(3)23-16(26)7-10-22-17(19-5-2)24-11-13-25(14-12-24)18-20-8-6-9-21-18;/h6,8-9,15H,4-5,7,10-14H2,1-3H3,(H,19,22)(H,23,26);1H. The van der Waals surface area contributed by atoms with Crippen LogP contribution in [0.15, 0.2) is 23.5 Å². The van der Waals surface area contributed by atoms with Crippen molar-refractivity contribution in [2.45, 2.75) is 39.7 Å².